The van der Waals surface area contributed by atoms with Gasteiger partial charge in [-0.2, -0.15) is 0 Å². The first-order valence-corrected chi connectivity index (χ1v) is 56.1. The first-order valence-electron chi connectivity index (χ1n) is 54.6. The van der Waals surface area contributed by atoms with Crippen LogP contribution in [0.1, 0.15) is 259 Å². The highest BCUT2D eigenvalue weighted by Gasteiger charge is 2.31. The van der Waals surface area contributed by atoms with E-state index in [0.29, 0.717) is 35.9 Å². The van der Waals surface area contributed by atoms with Crippen LogP contribution in [0.5, 0.6) is 11.5 Å². The first kappa shape index (κ1) is 110. The van der Waals surface area contributed by atoms with E-state index >= 15 is 0 Å². The molecule has 1 atom stereocenters. The Hall–Kier alpha value is -10.9. The number of methoxy groups -OCH3 is 1. The van der Waals surface area contributed by atoms with E-state index in [1.807, 2.05) is 134 Å². The van der Waals surface area contributed by atoms with Gasteiger partial charge in [-0.15, -0.1) is 11.3 Å². The monoisotopic (exact) mass is 2050 g/mol. The van der Waals surface area contributed by atoms with E-state index in [0.717, 1.165) is 281 Å². The Kier molecular flexibility index (Phi) is 41.3. The number of aromatic nitrogens is 6. The lowest BCUT2D eigenvalue weighted by Gasteiger charge is -2.38. The molecule has 8 aromatic carbocycles. The maximum Gasteiger partial charge on any atom is 0.309 e. The quantitative estimate of drug-likeness (QED) is 0.0200. The van der Waals surface area contributed by atoms with Gasteiger partial charge in [-0.25, -0.2) is 4.98 Å². The molecule has 1 unspecified atom stereocenters. The number of ether oxygens (including phenoxy) is 3. The fourth-order valence-electron chi connectivity index (χ4n) is 22.3. The van der Waals surface area contributed by atoms with Crippen LogP contribution in [-0.2, 0) is 42.3 Å². The SMILES string of the molecule is CC(=O)c1cn(CCCCN2CCC(Oc3ccccc3Cl)CC2)c2ccccc12.CC(=O)c1cn(CCCCN2CCC(c3nc4ccccc4s3)CC2)c2ccccc12.CC(C)CC(=O)c1cn(CCCN2CCN(C(C)c3ccccc3)CC2)c2ccccc12.CCCCC1CCN(CCCn2cc(C(C)=O)c3cccc(Cl)c32)CC1.CCOC(=O)C1CCN(CCCn2cc(C(C)=O)c3cccc(OC)c32)CC1. The number of likely N-dealkylation sites (tertiary alicyclic amines) is 4. The minimum atomic E-state index is -0.0511. The summed E-state index contributed by atoms with van der Waals surface area (Å²) in [7, 11) is 1.66. The molecule has 0 spiro atoms. The zero-order chi connectivity index (χ0) is 103. The number of hydrogen-bond donors (Lipinski definition) is 0. The smallest absolute Gasteiger partial charge is 0.309 e. The lowest BCUT2D eigenvalue weighted by atomic mass is 9.91. The van der Waals surface area contributed by atoms with Crippen LogP contribution in [0.15, 0.2) is 219 Å². The Balaban J connectivity index is 0.000000138. The average Bonchev–Trinajstić information content (AvgIpc) is 1.62. The topological polar surface area (TPSA) is 187 Å². The molecule has 147 heavy (non-hydrogen) atoms. The van der Waals surface area contributed by atoms with Gasteiger partial charge in [0.1, 0.15) is 17.6 Å². The van der Waals surface area contributed by atoms with Gasteiger partial charge in [-0.3, -0.25) is 33.7 Å². The van der Waals surface area contributed by atoms with Gasteiger partial charge in [0, 0.05) is 193 Å². The number of fused-ring (bicyclic) bond motifs is 6. The molecule has 782 valence electrons. The van der Waals surface area contributed by atoms with Crippen molar-refractivity contribution in [2.45, 2.75) is 235 Å². The number of unbranched alkanes of at least 4 members (excludes halogenated alkanes) is 3. The van der Waals surface area contributed by atoms with Crippen LogP contribution >= 0.6 is 34.5 Å². The molecule has 0 radical (unpaired) electrons. The predicted molar refractivity (Wildman–Crippen MR) is 604 cm³/mol. The van der Waals surface area contributed by atoms with E-state index in [-0.39, 0.29) is 46.9 Å². The van der Waals surface area contributed by atoms with E-state index in [4.69, 9.17) is 42.4 Å². The molecule has 0 amide bonds. The lowest BCUT2D eigenvalue weighted by Crippen LogP contribution is -2.47. The second-order valence-electron chi connectivity index (χ2n) is 41.4. The molecule has 5 saturated heterocycles. The summed E-state index contributed by atoms with van der Waals surface area (Å²) < 4.78 is 29.1. The Morgan fingerprint density at radius 3 is 1.33 bits per heavy atom. The summed E-state index contributed by atoms with van der Waals surface area (Å²) in [6.45, 7) is 41.0. The number of aryl methyl sites for hydroxylation is 5. The zero-order valence-electron chi connectivity index (χ0n) is 88.7. The molecule has 0 N–H and O–H groups in total. The molecule has 5 aliphatic rings. The standard InChI is InChI=1S/C28H37N3O.C26H29N3OS.C25H29ClN2O2.C22H31ClN2O.C22H30N2O4/c1-22(2)20-28(32)26-21-31(27-13-8-7-12-25(26)27)15-9-14-29-16-18-30(19-17-29)23(3)24-10-5-4-6-11-24;1-19(30)22-18-29(24-10-4-2-8-21(22)24)15-7-6-14-28-16-12-20(13-17-28)26-27-23-9-3-5-11-25(23)31-26;1-19(29)22-18-28(24-10-4-2-8-21(22)24)15-7-6-14-27-16-12-20(13-17-27)30-25-11-5-3-9-23(25)26;1-3-4-7-18-10-14-24(15-11-18)12-6-13-25-16-20(17(2)26)19-8-5-9-21(23)22(19)25;1-4-28-22(26)17-9-13-23(14-10-17)11-6-12-24-15-19(16(2)25)18-7-5-8-20(27-3)21(18)24/h4-8,10-13,21-23H,9,14-20H2,1-3H3;2-5,8-11,18,20H,6-7,12-17H2,1H3;2-5,8-11,18,20H,6-7,12-17H2,1H3;5,8-9,16,18H,3-4,6-7,10-15H2,1-2H3;5,7-8,15,17H,4,6,9-14H2,1-3H3. The van der Waals surface area contributed by atoms with Gasteiger partial charge in [0.25, 0.3) is 0 Å². The van der Waals surface area contributed by atoms with E-state index in [1.54, 1.807) is 34.8 Å². The van der Waals surface area contributed by atoms with Gasteiger partial charge in [-0.1, -0.05) is 197 Å². The van der Waals surface area contributed by atoms with Crippen LogP contribution in [0.4, 0.5) is 0 Å². The number of piperidine rings is 4. The molecule has 11 heterocycles. The molecule has 5 aliphatic heterocycles. The van der Waals surface area contributed by atoms with Crippen LogP contribution in [-0.4, -0.2) is 223 Å². The summed E-state index contributed by atoms with van der Waals surface area (Å²) in [4.78, 5) is 92.7. The summed E-state index contributed by atoms with van der Waals surface area (Å²) in [6, 6.07) is 63.9. The predicted octanol–water partition coefficient (Wildman–Crippen LogP) is 26.9. The molecule has 0 saturated carbocycles. The molecule has 19 rings (SSSR count). The number of Topliss-reactive ketones (excluding diaryl/α,β-unsaturated/α-hetero) is 5. The number of benzene rings is 8. The highest BCUT2D eigenvalue weighted by atomic mass is 35.5. The highest BCUT2D eigenvalue weighted by Crippen LogP contribution is 2.38. The van der Waals surface area contributed by atoms with Crippen LogP contribution < -0.4 is 9.47 Å². The van der Waals surface area contributed by atoms with Crippen molar-refractivity contribution < 1.29 is 43.0 Å². The number of carbonyl (C=O) groups excluding carboxylic acids is 6. The third-order valence-electron chi connectivity index (χ3n) is 30.6. The minimum Gasteiger partial charge on any atom is -0.495 e. The molecule has 5 fully saturated rings. The Bertz CT molecular complexity index is 6600. The normalized spacial score (nSPS) is 16.0. The van der Waals surface area contributed by atoms with Crippen molar-refractivity contribution in [2.24, 2.45) is 17.8 Å². The van der Waals surface area contributed by atoms with Crippen LogP contribution in [0.25, 0.3) is 64.7 Å². The second-order valence-corrected chi connectivity index (χ2v) is 43.3. The minimum absolute atomic E-state index is 0.0481. The number of carbonyl (C=O) groups is 6. The van der Waals surface area contributed by atoms with Crippen LogP contribution in [0.2, 0.25) is 10.0 Å². The van der Waals surface area contributed by atoms with Gasteiger partial charge in [0.05, 0.1) is 55.9 Å². The summed E-state index contributed by atoms with van der Waals surface area (Å²) in [5.74, 6) is 4.23. The number of para-hydroxylation sites is 7. The maximum atomic E-state index is 12.8. The van der Waals surface area contributed by atoms with E-state index in [1.165, 1.54) is 104 Å². The molecule has 14 aromatic rings. The van der Waals surface area contributed by atoms with Crippen LogP contribution in [0, 0.1) is 17.8 Å². The fraction of sp³-hybridized carbons (Fsp3) is 0.472. The highest BCUT2D eigenvalue weighted by molar-refractivity contribution is 7.18. The van der Waals surface area contributed by atoms with E-state index in [9.17, 15) is 28.8 Å². The molecular weight excluding hydrogens is 1890 g/mol. The molecule has 0 bridgehead atoms. The Morgan fingerprint density at radius 1 is 0.395 bits per heavy atom. The van der Waals surface area contributed by atoms with Crippen LogP contribution in [0.3, 0.4) is 0 Å². The number of nitrogens with zero attached hydrogens (tertiary/aromatic N) is 12. The third-order valence-corrected chi connectivity index (χ3v) is 32.4. The van der Waals surface area contributed by atoms with Crippen molar-refractivity contribution in [2.75, 3.05) is 125 Å². The number of ketones is 5. The van der Waals surface area contributed by atoms with Crippen molar-refractivity contribution in [3.8, 4) is 11.5 Å². The second kappa shape index (κ2) is 55.0. The van der Waals surface area contributed by atoms with E-state index in [2.05, 4.69) is 183 Å². The van der Waals surface area contributed by atoms with Crippen molar-refractivity contribution in [3.63, 3.8) is 0 Å². The summed E-state index contributed by atoms with van der Waals surface area (Å²) in [6.07, 6.45) is 31.7. The average molecular weight is 2050 g/mol. The lowest BCUT2D eigenvalue weighted by molar-refractivity contribution is -0.149. The van der Waals surface area contributed by atoms with E-state index < -0.39 is 0 Å². The van der Waals surface area contributed by atoms with Crippen molar-refractivity contribution in [1.29, 1.82) is 0 Å². The van der Waals surface area contributed by atoms with Crippen molar-refractivity contribution >= 4 is 134 Å². The molecule has 6 aromatic heterocycles. The molecule has 0 aliphatic carbocycles. The van der Waals surface area contributed by atoms with Gasteiger partial charge in [-0.05, 0) is 282 Å². The first-order chi connectivity index (χ1) is 71.5. The largest absolute Gasteiger partial charge is 0.495 e. The molecule has 24 heteroatoms. The van der Waals surface area contributed by atoms with Gasteiger partial charge in [0.2, 0.25) is 0 Å². The Morgan fingerprint density at radius 2 is 0.803 bits per heavy atom. The Labute approximate surface area is 885 Å². The number of thiazole rings is 1. The number of rotatable bonds is 40. The van der Waals surface area contributed by atoms with Gasteiger partial charge in [0.15, 0.2) is 28.9 Å². The summed E-state index contributed by atoms with van der Waals surface area (Å²) in [5, 5.41) is 7.89. The summed E-state index contributed by atoms with van der Waals surface area (Å²) >= 11 is 14.5. The zero-order valence-corrected chi connectivity index (χ0v) is 91.0. The van der Waals surface area contributed by atoms with Gasteiger partial charge >= 0.3 is 5.97 Å². The summed E-state index contributed by atoms with van der Waals surface area (Å²) in [5.41, 5.74) is 12.1. The van der Waals surface area contributed by atoms with Crippen molar-refractivity contribution in [1.82, 2.24) is 57.2 Å². The van der Waals surface area contributed by atoms with Gasteiger partial charge < -0.3 is 61.5 Å². The number of esters is 1. The molecular formula is C123H156Cl2N12O9S. The fourth-order valence-corrected chi connectivity index (χ4v) is 23.9. The van der Waals surface area contributed by atoms with Crippen molar-refractivity contribution in [3.05, 3.63) is 267 Å². The number of halogens is 2. The number of piperazine rings is 1. The third kappa shape index (κ3) is 29.9. The maximum absolute atomic E-state index is 12.8. The molecule has 21 nitrogen and oxygen atoms in total. The number of hydrogen-bond acceptors (Lipinski definition) is 17.